The van der Waals surface area contributed by atoms with E-state index in [0.29, 0.717) is 0 Å². The van der Waals surface area contributed by atoms with Gasteiger partial charge >= 0.3 is 0 Å². The SMILES string of the molecule is Cc1ccc2c(c1)C(c1ccccc1)c1c(-c3ccccc3)cccc1-2. The van der Waals surface area contributed by atoms with E-state index in [2.05, 4.69) is 104 Å². The largest absolute Gasteiger partial charge is 0.0622 e. The first kappa shape index (κ1) is 15.2. The highest BCUT2D eigenvalue weighted by molar-refractivity contribution is 5.88. The van der Waals surface area contributed by atoms with E-state index in [1.165, 1.54) is 44.5 Å². The van der Waals surface area contributed by atoms with Crippen molar-refractivity contribution in [1.82, 2.24) is 0 Å². The van der Waals surface area contributed by atoms with Gasteiger partial charge in [0.2, 0.25) is 0 Å². The lowest BCUT2D eigenvalue weighted by Crippen LogP contribution is -2.01. The molecule has 1 aliphatic carbocycles. The third-order valence-corrected chi connectivity index (χ3v) is 5.42. The number of hydrogen-bond acceptors (Lipinski definition) is 0. The van der Waals surface area contributed by atoms with Crippen LogP contribution in [0.25, 0.3) is 22.3 Å². The van der Waals surface area contributed by atoms with Crippen LogP contribution < -0.4 is 0 Å². The van der Waals surface area contributed by atoms with Gasteiger partial charge in [0.15, 0.2) is 0 Å². The molecule has 0 aliphatic heterocycles. The van der Waals surface area contributed by atoms with Crippen LogP contribution >= 0.6 is 0 Å². The van der Waals surface area contributed by atoms with Crippen LogP contribution in [0.5, 0.6) is 0 Å². The molecule has 0 amide bonds. The van der Waals surface area contributed by atoms with E-state index in [4.69, 9.17) is 0 Å². The molecule has 0 saturated heterocycles. The minimum absolute atomic E-state index is 0.289. The van der Waals surface area contributed by atoms with Gasteiger partial charge in [0.05, 0.1) is 0 Å². The van der Waals surface area contributed by atoms with Crippen LogP contribution in [-0.2, 0) is 0 Å². The third kappa shape index (κ3) is 2.30. The van der Waals surface area contributed by atoms with Gasteiger partial charge in [-0.15, -0.1) is 0 Å². The summed E-state index contributed by atoms with van der Waals surface area (Å²) in [6, 6.07) is 35.3. The maximum Gasteiger partial charge on any atom is 0.0358 e. The lowest BCUT2D eigenvalue weighted by Gasteiger charge is -2.18. The van der Waals surface area contributed by atoms with Gasteiger partial charge < -0.3 is 0 Å². The van der Waals surface area contributed by atoms with Crippen molar-refractivity contribution < 1.29 is 0 Å². The Hall–Kier alpha value is -3.12. The van der Waals surface area contributed by atoms with Crippen molar-refractivity contribution >= 4 is 0 Å². The van der Waals surface area contributed by atoms with Crippen LogP contribution in [0.3, 0.4) is 0 Å². The van der Waals surface area contributed by atoms with Crippen molar-refractivity contribution in [1.29, 1.82) is 0 Å². The topological polar surface area (TPSA) is 0 Å². The van der Waals surface area contributed by atoms with Gasteiger partial charge in [-0.1, -0.05) is 103 Å². The Morgan fingerprint density at radius 3 is 2.04 bits per heavy atom. The molecule has 1 unspecified atom stereocenters. The van der Waals surface area contributed by atoms with Crippen molar-refractivity contribution in [2.24, 2.45) is 0 Å². The Morgan fingerprint density at radius 1 is 0.577 bits per heavy atom. The highest BCUT2D eigenvalue weighted by Crippen LogP contribution is 2.51. The molecule has 4 aromatic carbocycles. The highest BCUT2D eigenvalue weighted by atomic mass is 14.3. The average Bonchev–Trinajstić information content (AvgIpc) is 3.02. The van der Waals surface area contributed by atoms with Gasteiger partial charge in [-0.05, 0) is 45.9 Å². The second kappa shape index (κ2) is 6.00. The summed E-state index contributed by atoms with van der Waals surface area (Å²) in [7, 11) is 0. The Bertz CT molecular complexity index is 1080. The van der Waals surface area contributed by atoms with Crippen molar-refractivity contribution in [3.63, 3.8) is 0 Å². The predicted molar refractivity (Wildman–Crippen MR) is 109 cm³/mol. The van der Waals surface area contributed by atoms with E-state index in [1.807, 2.05) is 0 Å². The average molecular weight is 332 g/mol. The zero-order valence-corrected chi connectivity index (χ0v) is 14.8. The van der Waals surface area contributed by atoms with Gasteiger partial charge in [0.25, 0.3) is 0 Å². The lowest BCUT2D eigenvalue weighted by atomic mass is 9.85. The summed E-state index contributed by atoms with van der Waals surface area (Å²) in [4.78, 5) is 0. The van der Waals surface area contributed by atoms with E-state index >= 15 is 0 Å². The van der Waals surface area contributed by atoms with Crippen LogP contribution in [0.1, 0.15) is 28.2 Å². The fourth-order valence-corrected chi connectivity index (χ4v) is 4.29. The van der Waals surface area contributed by atoms with Crippen LogP contribution in [0.2, 0.25) is 0 Å². The summed E-state index contributed by atoms with van der Waals surface area (Å²) < 4.78 is 0. The van der Waals surface area contributed by atoms with Gasteiger partial charge in [-0.3, -0.25) is 0 Å². The van der Waals surface area contributed by atoms with Crippen molar-refractivity contribution in [2.45, 2.75) is 12.8 Å². The Morgan fingerprint density at radius 2 is 1.27 bits per heavy atom. The summed E-state index contributed by atoms with van der Waals surface area (Å²) in [5.41, 5.74) is 10.9. The number of rotatable bonds is 2. The molecule has 0 radical (unpaired) electrons. The summed E-state index contributed by atoms with van der Waals surface area (Å²) in [6.07, 6.45) is 0. The molecule has 0 fully saturated rings. The summed E-state index contributed by atoms with van der Waals surface area (Å²) in [5, 5.41) is 0. The molecular formula is C26H20. The van der Waals surface area contributed by atoms with Crippen molar-refractivity contribution in [2.75, 3.05) is 0 Å². The highest BCUT2D eigenvalue weighted by Gasteiger charge is 2.32. The minimum atomic E-state index is 0.289. The maximum atomic E-state index is 2.36. The molecule has 0 heteroatoms. The van der Waals surface area contributed by atoms with Crippen molar-refractivity contribution in [3.05, 3.63) is 119 Å². The molecule has 4 aromatic rings. The third-order valence-electron chi connectivity index (χ3n) is 5.42. The molecule has 0 spiro atoms. The van der Waals surface area contributed by atoms with Crippen LogP contribution in [0, 0.1) is 6.92 Å². The second-order valence-electron chi connectivity index (χ2n) is 7.07. The number of hydrogen-bond donors (Lipinski definition) is 0. The van der Waals surface area contributed by atoms with E-state index in [0.717, 1.165) is 0 Å². The van der Waals surface area contributed by atoms with Gasteiger partial charge in [0.1, 0.15) is 0 Å². The van der Waals surface area contributed by atoms with E-state index < -0.39 is 0 Å². The molecule has 1 aliphatic rings. The minimum Gasteiger partial charge on any atom is -0.0622 e. The Kier molecular flexibility index (Phi) is 3.50. The van der Waals surface area contributed by atoms with Crippen LogP contribution in [0.4, 0.5) is 0 Å². The monoisotopic (exact) mass is 332 g/mol. The zero-order chi connectivity index (χ0) is 17.5. The zero-order valence-electron chi connectivity index (χ0n) is 14.8. The Labute approximate surface area is 154 Å². The molecular weight excluding hydrogens is 312 g/mol. The lowest BCUT2D eigenvalue weighted by molar-refractivity contribution is 1.01. The van der Waals surface area contributed by atoms with Crippen LogP contribution in [0.15, 0.2) is 97.1 Å². The Balaban J connectivity index is 1.84. The second-order valence-corrected chi connectivity index (χ2v) is 7.07. The molecule has 124 valence electrons. The first-order valence-electron chi connectivity index (χ1n) is 9.17. The predicted octanol–water partition coefficient (Wildman–Crippen LogP) is 6.82. The molecule has 0 saturated carbocycles. The van der Waals surface area contributed by atoms with Gasteiger partial charge in [0, 0.05) is 5.92 Å². The van der Waals surface area contributed by atoms with E-state index in [-0.39, 0.29) is 5.92 Å². The maximum absolute atomic E-state index is 2.36. The van der Waals surface area contributed by atoms with E-state index in [1.54, 1.807) is 0 Å². The number of benzene rings is 4. The molecule has 5 rings (SSSR count). The summed E-state index contributed by atoms with van der Waals surface area (Å²) in [5.74, 6) is 0.289. The quantitative estimate of drug-likeness (QED) is 0.332. The molecule has 26 heavy (non-hydrogen) atoms. The molecule has 0 aromatic heterocycles. The normalized spacial score (nSPS) is 14.7. The number of fused-ring (bicyclic) bond motifs is 3. The van der Waals surface area contributed by atoms with Gasteiger partial charge in [-0.2, -0.15) is 0 Å². The summed E-state index contributed by atoms with van der Waals surface area (Å²) >= 11 is 0. The fraction of sp³-hybridized carbons (Fsp3) is 0.0769. The smallest absolute Gasteiger partial charge is 0.0358 e. The fourth-order valence-electron chi connectivity index (χ4n) is 4.29. The molecule has 0 nitrogen and oxygen atoms in total. The van der Waals surface area contributed by atoms with E-state index in [9.17, 15) is 0 Å². The molecule has 1 atom stereocenters. The molecule has 0 heterocycles. The summed E-state index contributed by atoms with van der Waals surface area (Å²) in [6.45, 7) is 2.18. The molecule has 0 bridgehead atoms. The first-order chi connectivity index (χ1) is 12.8. The molecule has 0 N–H and O–H groups in total. The standard InChI is InChI=1S/C26H20/c1-18-15-16-22-23-14-8-13-21(19-9-4-2-5-10-19)26(23)25(24(22)17-18)20-11-6-3-7-12-20/h2-17,25H,1H3. The van der Waals surface area contributed by atoms with Crippen molar-refractivity contribution in [3.8, 4) is 22.3 Å². The van der Waals surface area contributed by atoms with Crippen LogP contribution in [-0.4, -0.2) is 0 Å². The number of aryl methyl sites for hydroxylation is 1. The first-order valence-corrected chi connectivity index (χ1v) is 9.17. The van der Waals surface area contributed by atoms with Gasteiger partial charge in [-0.25, -0.2) is 0 Å².